The summed E-state index contributed by atoms with van der Waals surface area (Å²) < 4.78 is 58.9. The molecule has 5 aliphatic rings. The first kappa shape index (κ1) is 35.3. The zero-order chi connectivity index (χ0) is 34.4. The number of rotatable bonds is 12. The quantitative estimate of drug-likeness (QED) is 0.143. The van der Waals surface area contributed by atoms with E-state index in [0.29, 0.717) is 18.3 Å². The van der Waals surface area contributed by atoms with Gasteiger partial charge < -0.3 is 24.4 Å². The summed E-state index contributed by atoms with van der Waals surface area (Å²) in [6, 6.07) is 10.00. The van der Waals surface area contributed by atoms with Gasteiger partial charge in [0.15, 0.2) is 0 Å². The van der Waals surface area contributed by atoms with Gasteiger partial charge in [-0.1, -0.05) is 54.6 Å². The van der Waals surface area contributed by atoms with Gasteiger partial charge in [0.1, 0.15) is 26.8 Å². The number of nitrogens with zero attached hydrogens (tertiary/aromatic N) is 4. The van der Waals surface area contributed by atoms with E-state index in [0.717, 1.165) is 24.9 Å². The average molecular weight is 685 g/mol. The second-order valence-corrected chi connectivity index (χ2v) is 13.7. The van der Waals surface area contributed by atoms with E-state index < -0.39 is 17.6 Å². The van der Waals surface area contributed by atoms with Crippen LogP contribution in [0.5, 0.6) is 0 Å². The molecule has 5 atom stereocenters. The first-order valence-electron chi connectivity index (χ1n) is 17.0. The smallest absolute Gasteiger partial charge is 0.395 e. The highest BCUT2D eigenvalue weighted by molar-refractivity contribution is 5.71. The van der Waals surface area contributed by atoms with Crippen molar-refractivity contribution in [3.8, 4) is 0 Å². The Labute approximate surface area is 286 Å². The van der Waals surface area contributed by atoms with Crippen molar-refractivity contribution in [2.24, 2.45) is 16.9 Å². The second-order valence-electron chi connectivity index (χ2n) is 13.7. The Hall–Kier alpha value is -3.49. The van der Waals surface area contributed by atoms with E-state index in [-0.39, 0.29) is 70.5 Å². The molecule has 0 bridgehead atoms. The number of carbonyl (C=O) groups is 1. The number of hydrogen-bond acceptors (Lipinski definition) is 10. The Morgan fingerprint density at radius 3 is 2.69 bits per heavy atom. The SMILES string of the molecule is CC1(C)C(C2CC=NN2C2C=CC(C3CN3)=CC2)CN(COCNCC(=O)OCc2ccccc2)COCN1C1=CC(C(F)(F)F)CC=C1. The van der Waals surface area contributed by atoms with Crippen LogP contribution in [0.25, 0.3) is 0 Å². The number of allylic oxidation sites excluding steroid dienone is 3. The van der Waals surface area contributed by atoms with Crippen LogP contribution >= 0.6 is 0 Å². The lowest BCUT2D eigenvalue weighted by molar-refractivity contribution is -0.162. The number of ether oxygens (including phenoxy) is 3. The zero-order valence-corrected chi connectivity index (χ0v) is 28.1. The average Bonchev–Trinajstić information content (AvgIpc) is 3.83. The number of hydrazone groups is 1. The van der Waals surface area contributed by atoms with E-state index in [9.17, 15) is 18.0 Å². The fourth-order valence-electron chi connectivity index (χ4n) is 7.03. The Balaban J connectivity index is 1.12. The van der Waals surface area contributed by atoms with Crippen LogP contribution in [-0.4, -0.2) is 103 Å². The number of alkyl halides is 3. The van der Waals surface area contributed by atoms with Crippen molar-refractivity contribution >= 4 is 12.2 Å². The van der Waals surface area contributed by atoms with Crippen molar-refractivity contribution in [3.63, 3.8) is 0 Å². The van der Waals surface area contributed by atoms with Crippen LogP contribution in [0, 0.1) is 11.8 Å². The first-order valence-corrected chi connectivity index (χ1v) is 17.0. The summed E-state index contributed by atoms with van der Waals surface area (Å²) in [7, 11) is 0. The third kappa shape index (κ3) is 9.01. The van der Waals surface area contributed by atoms with E-state index >= 15 is 0 Å². The van der Waals surface area contributed by atoms with E-state index in [1.165, 1.54) is 11.6 Å². The molecule has 2 N–H and O–H groups in total. The van der Waals surface area contributed by atoms with Crippen LogP contribution in [0.2, 0.25) is 0 Å². The normalized spacial score (nSPS) is 28.6. The highest BCUT2D eigenvalue weighted by atomic mass is 19.4. The number of nitrogens with one attached hydrogen (secondary N) is 2. The molecule has 1 aromatic rings. The maximum absolute atomic E-state index is 13.8. The van der Waals surface area contributed by atoms with E-state index in [1.54, 1.807) is 12.2 Å². The fraction of sp³-hybridized carbons (Fsp3) is 0.556. The van der Waals surface area contributed by atoms with E-state index in [2.05, 4.69) is 52.6 Å². The van der Waals surface area contributed by atoms with E-state index in [1.807, 2.05) is 41.4 Å². The van der Waals surface area contributed by atoms with Crippen LogP contribution in [0.15, 0.2) is 83.2 Å². The van der Waals surface area contributed by atoms with Gasteiger partial charge >= 0.3 is 12.1 Å². The van der Waals surface area contributed by atoms with Gasteiger partial charge in [-0.25, -0.2) is 0 Å². The van der Waals surface area contributed by atoms with Crippen LogP contribution in [0.4, 0.5) is 13.2 Å². The molecule has 2 fully saturated rings. The minimum absolute atomic E-state index is 0.00570. The number of esters is 1. The lowest BCUT2D eigenvalue weighted by atomic mass is 9.77. The first-order chi connectivity index (χ1) is 23.6. The fourth-order valence-corrected chi connectivity index (χ4v) is 7.03. The summed E-state index contributed by atoms with van der Waals surface area (Å²) in [6.07, 6.45) is 10.5. The zero-order valence-electron chi connectivity index (χ0n) is 28.1. The predicted molar refractivity (Wildman–Crippen MR) is 180 cm³/mol. The summed E-state index contributed by atoms with van der Waals surface area (Å²) in [5.74, 6) is -1.98. The molecule has 0 spiro atoms. The Morgan fingerprint density at radius 2 is 1.96 bits per heavy atom. The van der Waals surface area contributed by atoms with Crippen molar-refractivity contribution < 1.29 is 32.2 Å². The standard InChI is InChI=1S/C36H47F3N6O4/c1-35(2)31(33-15-16-42-45(33)29-13-11-27(12-14-29)32-18-41-32)20-43(23-47-22-40-19-34(46)49-21-26-7-4-3-5-8-26)24-48-25-44(35)30-10-6-9-28(17-30)36(37,38)39/h3-8,10-13,16-17,28-29,31-33,40-41H,9,14-15,18-25H2,1-2H3. The van der Waals surface area contributed by atoms with Crippen LogP contribution in [-0.2, 0) is 25.6 Å². The topological polar surface area (TPSA) is 101 Å². The molecule has 0 saturated carbocycles. The van der Waals surface area contributed by atoms with Crippen molar-refractivity contribution in [1.82, 2.24) is 25.4 Å². The third-order valence-corrected chi connectivity index (χ3v) is 9.95. The van der Waals surface area contributed by atoms with Crippen LogP contribution in [0.3, 0.4) is 0 Å². The summed E-state index contributed by atoms with van der Waals surface area (Å²) in [5, 5.41) is 13.4. The molecule has 10 nitrogen and oxygen atoms in total. The molecule has 6 rings (SSSR count). The molecule has 5 unspecified atom stereocenters. The monoisotopic (exact) mass is 684 g/mol. The van der Waals surface area contributed by atoms with Gasteiger partial charge in [0, 0.05) is 48.9 Å². The van der Waals surface area contributed by atoms with Gasteiger partial charge in [-0.15, -0.1) is 0 Å². The minimum atomic E-state index is -4.32. The second kappa shape index (κ2) is 15.6. The molecular formula is C36H47F3N6O4. The largest absolute Gasteiger partial charge is 0.460 e. The molecule has 0 aromatic heterocycles. The summed E-state index contributed by atoms with van der Waals surface area (Å²) in [4.78, 5) is 16.2. The maximum atomic E-state index is 13.8. The van der Waals surface area contributed by atoms with Gasteiger partial charge in [0.2, 0.25) is 0 Å². The molecule has 3 aliphatic heterocycles. The van der Waals surface area contributed by atoms with Gasteiger partial charge in [-0.3, -0.25) is 20.0 Å². The molecule has 49 heavy (non-hydrogen) atoms. The molecular weight excluding hydrogens is 637 g/mol. The van der Waals surface area contributed by atoms with Crippen molar-refractivity contribution in [2.45, 2.75) is 69.6 Å². The molecule has 13 heteroatoms. The molecule has 1 aromatic carbocycles. The van der Waals surface area contributed by atoms with Crippen molar-refractivity contribution in [1.29, 1.82) is 0 Å². The van der Waals surface area contributed by atoms with Gasteiger partial charge in [0.25, 0.3) is 0 Å². The molecule has 0 radical (unpaired) electrons. The Bertz CT molecular complexity index is 1440. The summed E-state index contributed by atoms with van der Waals surface area (Å²) in [5.41, 5.74) is 2.11. The highest BCUT2D eigenvalue weighted by Gasteiger charge is 2.48. The summed E-state index contributed by atoms with van der Waals surface area (Å²) in [6.45, 7) is 6.64. The van der Waals surface area contributed by atoms with Gasteiger partial charge in [-0.2, -0.15) is 18.3 Å². The van der Waals surface area contributed by atoms with Crippen LogP contribution < -0.4 is 10.6 Å². The Kier molecular flexibility index (Phi) is 11.2. The number of halogens is 3. The summed E-state index contributed by atoms with van der Waals surface area (Å²) >= 11 is 0. The lowest BCUT2D eigenvalue weighted by Crippen LogP contribution is -2.61. The number of hydrogen-bond donors (Lipinski definition) is 2. The van der Waals surface area contributed by atoms with Crippen LogP contribution in [0.1, 0.15) is 38.7 Å². The number of carbonyl (C=O) groups excluding carboxylic acids is 1. The van der Waals surface area contributed by atoms with Gasteiger partial charge in [-0.05, 0) is 50.0 Å². The van der Waals surface area contributed by atoms with Crippen molar-refractivity contribution in [2.75, 3.05) is 46.6 Å². The Morgan fingerprint density at radius 1 is 1.14 bits per heavy atom. The molecule has 3 heterocycles. The molecule has 266 valence electrons. The number of benzene rings is 1. The molecule has 0 amide bonds. The molecule has 2 aliphatic carbocycles. The van der Waals surface area contributed by atoms with Gasteiger partial charge in [0.05, 0.1) is 31.3 Å². The lowest BCUT2D eigenvalue weighted by Gasteiger charge is -2.52. The molecule has 2 saturated heterocycles. The minimum Gasteiger partial charge on any atom is -0.460 e. The predicted octanol–water partition coefficient (Wildman–Crippen LogP) is 4.50. The maximum Gasteiger partial charge on any atom is 0.395 e. The van der Waals surface area contributed by atoms with E-state index in [4.69, 9.17) is 19.3 Å². The highest BCUT2D eigenvalue weighted by Crippen LogP contribution is 2.41. The van der Waals surface area contributed by atoms with Crippen molar-refractivity contribution in [3.05, 3.63) is 83.6 Å². The third-order valence-electron chi connectivity index (χ3n) is 9.95.